The number of rotatable bonds is 4. The van der Waals surface area contributed by atoms with Gasteiger partial charge in [0, 0.05) is 24.0 Å². The van der Waals surface area contributed by atoms with Gasteiger partial charge in [-0.2, -0.15) is 0 Å². The lowest BCUT2D eigenvalue weighted by atomic mass is 10.1. The van der Waals surface area contributed by atoms with Gasteiger partial charge < -0.3 is 20.2 Å². The van der Waals surface area contributed by atoms with E-state index in [-0.39, 0.29) is 23.8 Å². The van der Waals surface area contributed by atoms with Gasteiger partial charge in [-0.25, -0.2) is 9.97 Å². The quantitative estimate of drug-likeness (QED) is 0.358. The normalized spacial score (nSPS) is 17.7. The molecule has 2 unspecified atom stereocenters. The van der Waals surface area contributed by atoms with E-state index in [0.717, 1.165) is 27.5 Å². The van der Waals surface area contributed by atoms with Crippen LogP contribution in [0.25, 0.3) is 33.5 Å². The third-order valence-corrected chi connectivity index (χ3v) is 6.84. The summed E-state index contributed by atoms with van der Waals surface area (Å²) in [4.78, 5) is 43.7. The van der Waals surface area contributed by atoms with Gasteiger partial charge >= 0.3 is 0 Å². The lowest BCUT2D eigenvalue weighted by Crippen LogP contribution is -2.40. The zero-order chi connectivity index (χ0) is 24.8. The van der Waals surface area contributed by atoms with Crippen LogP contribution in [0.5, 0.6) is 0 Å². The van der Waals surface area contributed by atoms with Crippen LogP contribution < -0.4 is 5.32 Å². The predicted molar refractivity (Wildman–Crippen MR) is 139 cm³/mol. The Balaban J connectivity index is 1.17. The topological polar surface area (TPSA) is 107 Å². The van der Waals surface area contributed by atoms with Crippen molar-refractivity contribution in [2.45, 2.75) is 19.9 Å². The summed E-state index contributed by atoms with van der Waals surface area (Å²) in [7, 11) is 0. The third-order valence-electron chi connectivity index (χ3n) is 6.84. The molecule has 0 bridgehead atoms. The highest BCUT2D eigenvalue weighted by atomic mass is 16.2. The zero-order valence-electron chi connectivity index (χ0n) is 20.1. The largest absolute Gasteiger partial charge is 0.351 e. The molecule has 36 heavy (non-hydrogen) atoms. The molecule has 180 valence electrons. The number of amides is 2. The molecule has 5 aromatic rings. The summed E-state index contributed by atoms with van der Waals surface area (Å²) in [5, 5.41) is 4.11. The monoisotopic (exact) mass is 478 g/mol. The fourth-order valence-electron chi connectivity index (χ4n) is 4.85. The van der Waals surface area contributed by atoms with Crippen molar-refractivity contribution in [3.8, 4) is 11.5 Å². The third kappa shape index (κ3) is 4.00. The number of carbonyl (C=O) groups is 2. The standard InChI is InChI=1S/C28H26N6O2/c1-16-10-11-18-13-24(30-23(18)12-16)27(35)33-25-15-34(14-17(25)2)28(36)22-9-5-8-21(29-22)26-31-19-6-3-4-7-20(19)32-26/h3-13,17,25,30H,14-15H2,1-2H3,(H,31,32)(H,33,35). The fraction of sp³-hybridized carbons (Fsp3) is 0.214. The van der Waals surface area contributed by atoms with Crippen molar-refractivity contribution >= 4 is 33.8 Å². The first kappa shape index (κ1) is 22.0. The number of imidazole rings is 1. The van der Waals surface area contributed by atoms with Gasteiger partial charge in [0.25, 0.3) is 11.8 Å². The second-order valence-corrected chi connectivity index (χ2v) is 9.55. The van der Waals surface area contributed by atoms with Crippen LogP contribution in [0.4, 0.5) is 0 Å². The fourth-order valence-corrected chi connectivity index (χ4v) is 4.85. The number of H-pyrrole nitrogens is 2. The summed E-state index contributed by atoms with van der Waals surface area (Å²) in [6.07, 6.45) is 0. The van der Waals surface area contributed by atoms with Gasteiger partial charge in [0.15, 0.2) is 5.82 Å². The van der Waals surface area contributed by atoms with Crippen LogP contribution in [0.15, 0.2) is 66.7 Å². The summed E-state index contributed by atoms with van der Waals surface area (Å²) in [5.74, 6) is 0.417. The van der Waals surface area contributed by atoms with E-state index in [4.69, 9.17) is 0 Å². The van der Waals surface area contributed by atoms with Crippen molar-refractivity contribution in [1.29, 1.82) is 0 Å². The van der Waals surface area contributed by atoms with Gasteiger partial charge in [-0.05, 0) is 54.8 Å². The van der Waals surface area contributed by atoms with Crippen molar-refractivity contribution in [2.75, 3.05) is 13.1 Å². The van der Waals surface area contributed by atoms with Crippen LogP contribution in [0.3, 0.4) is 0 Å². The van der Waals surface area contributed by atoms with E-state index in [1.807, 2.05) is 74.5 Å². The molecule has 1 fully saturated rings. The Labute approximate surface area is 207 Å². The summed E-state index contributed by atoms with van der Waals surface area (Å²) in [6, 6.07) is 20.9. The maximum Gasteiger partial charge on any atom is 0.272 e. The molecule has 2 atom stereocenters. The van der Waals surface area contributed by atoms with Gasteiger partial charge in [-0.1, -0.05) is 37.3 Å². The average Bonchev–Trinajstić information content (AvgIpc) is 3.60. The molecule has 3 N–H and O–H groups in total. The van der Waals surface area contributed by atoms with Crippen molar-refractivity contribution in [3.05, 3.63) is 83.7 Å². The summed E-state index contributed by atoms with van der Waals surface area (Å²) < 4.78 is 0. The number of carbonyl (C=O) groups excluding carboxylic acids is 2. The second kappa shape index (κ2) is 8.64. The molecule has 0 aliphatic carbocycles. The molecule has 1 saturated heterocycles. The SMILES string of the molecule is Cc1ccc2cc(C(=O)NC3CN(C(=O)c4cccc(-c5nc6ccccc6[nH]5)n4)CC3C)[nH]c2c1. The minimum absolute atomic E-state index is 0.114. The van der Waals surface area contributed by atoms with Crippen molar-refractivity contribution < 1.29 is 9.59 Å². The number of para-hydroxylation sites is 2. The maximum atomic E-state index is 13.3. The number of nitrogens with one attached hydrogen (secondary N) is 3. The molecule has 8 heteroatoms. The molecular formula is C28H26N6O2. The highest BCUT2D eigenvalue weighted by Gasteiger charge is 2.34. The number of hydrogen-bond donors (Lipinski definition) is 3. The minimum Gasteiger partial charge on any atom is -0.351 e. The lowest BCUT2D eigenvalue weighted by molar-refractivity contribution is 0.0775. The first-order valence-corrected chi connectivity index (χ1v) is 12.1. The molecule has 8 nitrogen and oxygen atoms in total. The Kier molecular flexibility index (Phi) is 5.29. The van der Waals surface area contributed by atoms with Gasteiger partial charge in [-0.3, -0.25) is 9.59 Å². The Hall–Kier alpha value is -4.46. The average molecular weight is 479 g/mol. The van der Waals surface area contributed by atoms with Gasteiger partial charge in [0.2, 0.25) is 0 Å². The molecule has 0 radical (unpaired) electrons. The first-order valence-electron chi connectivity index (χ1n) is 12.1. The van der Waals surface area contributed by atoms with Gasteiger partial charge in [-0.15, -0.1) is 0 Å². The molecular weight excluding hydrogens is 452 g/mol. The number of likely N-dealkylation sites (tertiary alicyclic amines) is 1. The number of aryl methyl sites for hydroxylation is 1. The highest BCUT2D eigenvalue weighted by Crippen LogP contribution is 2.23. The van der Waals surface area contributed by atoms with Crippen LogP contribution in [0.2, 0.25) is 0 Å². The van der Waals surface area contributed by atoms with E-state index < -0.39 is 0 Å². The van der Waals surface area contributed by atoms with E-state index in [1.165, 1.54) is 0 Å². The molecule has 2 amide bonds. The number of hydrogen-bond acceptors (Lipinski definition) is 4. The van der Waals surface area contributed by atoms with Crippen LogP contribution in [0, 0.1) is 12.8 Å². The number of aromatic nitrogens is 4. The Morgan fingerprint density at radius 3 is 2.67 bits per heavy atom. The predicted octanol–water partition coefficient (Wildman–Crippen LogP) is 4.31. The number of nitrogens with zero attached hydrogens (tertiary/aromatic N) is 3. The zero-order valence-corrected chi connectivity index (χ0v) is 20.1. The van der Waals surface area contributed by atoms with Crippen LogP contribution >= 0.6 is 0 Å². The Morgan fingerprint density at radius 1 is 0.944 bits per heavy atom. The van der Waals surface area contributed by atoms with Crippen LogP contribution in [-0.4, -0.2) is 55.8 Å². The number of fused-ring (bicyclic) bond motifs is 2. The number of benzene rings is 2. The van der Waals surface area contributed by atoms with Crippen molar-refractivity contribution in [1.82, 2.24) is 30.2 Å². The highest BCUT2D eigenvalue weighted by molar-refractivity contribution is 5.98. The van der Waals surface area contributed by atoms with E-state index in [1.54, 1.807) is 11.0 Å². The van der Waals surface area contributed by atoms with Crippen molar-refractivity contribution in [3.63, 3.8) is 0 Å². The summed E-state index contributed by atoms with van der Waals surface area (Å²) >= 11 is 0. The number of pyridine rings is 1. The number of aromatic amines is 2. The van der Waals surface area contributed by atoms with Gasteiger partial charge in [0.1, 0.15) is 17.1 Å². The molecule has 2 aromatic carbocycles. The van der Waals surface area contributed by atoms with Crippen molar-refractivity contribution in [2.24, 2.45) is 5.92 Å². The van der Waals surface area contributed by atoms with E-state index in [2.05, 4.69) is 25.3 Å². The van der Waals surface area contributed by atoms with E-state index >= 15 is 0 Å². The molecule has 1 aliphatic heterocycles. The summed E-state index contributed by atoms with van der Waals surface area (Å²) in [5.41, 5.74) is 5.33. The minimum atomic E-state index is -0.167. The molecule has 0 saturated carbocycles. The molecule has 1 aliphatic rings. The van der Waals surface area contributed by atoms with Crippen LogP contribution in [-0.2, 0) is 0 Å². The second-order valence-electron chi connectivity index (χ2n) is 9.55. The van der Waals surface area contributed by atoms with Crippen LogP contribution in [0.1, 0.15) is 33.5 Å². The maximum absolute atomic E-state index is 13.3. The molecule has 4 heterocycles. The smallest absolute Gasteiger partial charge is 0.272 e. The summed E-state index contributed by atoms with van der Waals surface area (Å²) in [6.45, 7) is 5.05. The van der Waals surface area contributed by atoms with E-state index in [0.29, 0.717) is 36.0 Å². The Bertz CT molecular complexity index is 1580. The van der Waals surface area contributed by atoms with Gasteiger partial charge in [0.05, 0.1) is 17.1 Å². The molecule has 0 spiro atoms. The van der Waals surface area contributed by atoms with E-state index in [9.17, 15) is 9.59 Å². The first-order chi connectivity index (χ1) is 17.4. The molecule has 3 aromatic heterocycles. The molecule has 6 rings (SSSR count). The lowest BCUT2D eigenvalue weighted by Gasteiger charge is -2.17. The Morgan fingerprint density at radius 2 is 1.81 bits per heavy atom.